The Morgan fingerprint density at radius 1 is 1.36 bits per heavy atom. The van der Waals surface area contributed by atoms with Gasteiger partial charge in [0.1, 0.15) is 0 Å². The Balaban J connectivity index is 2.30. The van der Waals surface area contributed by atoms with Gasteiger partial charge in [-0.3, -0.25) is 0 Å². The summed E-state index contributed by atoms with van der Waals surface area (Å²) >= 11 is 1.73. The quantitative estimate of drug-likeness (QED) is 0.765. The molecule has 1 rings (SSSR count). The van der Waals surface area contributed by atoms with Crippen molar-refractivity contribution in [1.82, 2.24) is 0 Å². The van der Waals surface area contributed by atoms with E-state index in [1.54, 1.807) is 11.3 Å². The second-order valence-corrected chi connectivity index (χ2v) is 4.59. The van der Waals surface area contributed by atoms with Crippen LogP contribution in [0, 0.1) is 5.92 Å². The third-order valence-corrected chi connectivity index (χ3v) is 3.63. The lowest BCUT2D eigenvalue weighted by Gasteiger charge is -2.19. The molecular weight excluding hydrogens is 192 g/mol. The molecule has 0 aliphatic heterocycles. The van der Waals surface area contributed by atoms with Gasteiger partial charge in [-0.25, -0.2) is 0 Å². The zero-order chi connectivity index (χ0) is 10.4. The maximum absolute atomic E-state index is 9.91. The number of aryl methyl sites for hydroxylation is 1. The maximum atomic E-state index is 9.91. The molecule has 0 fully saturated rings. The highest BCUT2D eigenvalue weighted by atomic mass is 32.1. The Hall–Kier alpha value is -0.340. The van der Waals surface area contributed by atoms with Gasteiger partial charge in [-0.1, -0.05) is 26.7 Å². The van der Waals surface area contributed by atoms with Crippen LogP contribution in [0.4, 0.5) is 0 Å². The third-order valence-electron chi connectivity index (χ3n) is 2.90. The van der Waals surface area contributed by atoms with Crippen molar-refractivity contribution in [2.24, 2.45) is 5.92 Å². The largest absolute Gasteiger partial charge is 0.393 e. The predicted octanol–water partition coefficient (Wildman–Crippen LogP) is 3.48. The first-order valence-corrected chi connectivity index (χ1v) is 6.41. The van der Waals surface area contributed by atoms with Crippen molar-refractivity contribution in [2.45, 2.75) is 45.6 Å². The molecule has 1 N–H and O–H groups in total. The molecule has 1 unspecified atom stereocenters. The Morgan fingerprint density at radius 2 is 2.07 bits per heavy atom. The van der Waals surface area contributed by atoms with Gasteiger partial charge in [-0.2, -0.15) is 11.3 Å². The number of rotatable bonds is 6. The summed E-state index contributed by atoms with van der Waals surface area (Å²) in [5, 5.41) is 14.2. The average Bonchev–Trinajstić information content (AvgIpc) is 2.69. The Kier molecular flexibility index (Phi) is 5.20. The molecule has 0 saturated heterocycles. The standard InChI is InChI=1S/C12H20OS/c1-3-11(4-2)12(13)6-5-10-7-8-14-9-10/h7-9,11-13H,3-6H2,1-2H3. The number of hydrogen-bond acceptors (Lipinski definition) is 2. The third kappa shape index (κ3) is 3.43. The summed E-state index contributed by atoms with van der Waals surface area (Å²) in [6, 6.07) is 2.14. The second kappa shape index (κ2) is 6.20. The van der Waals surface area contributed by atoms with E-state index in [1.165, 1.54) is 5.56 Å². The molecule has 0 saturated carbocycles. The number of aliphatic hydroxyl groups excluding tert-OH is 1. The van der Waals surface area contributed by atoms with E-state index in [2.05, 4.69) is 30.7 Å². The summed E-state index contributed by atoms with van der Waals surface area (Å²) < 4.78 is 0. The van der Waals surface area contributed by atoms with Gasteiger partial charge in [-0.15, -0.1) is 0 Å². The zero-order valence-electron chi connectivity index (χ0n) is 9.07. The predicted molar refractivity (Wildman–Crippen MR) is 62.7 cm³/mol. The van der Waals surface area contributed by atoms with Crippen LogP contribution in [0.1, 0.15) is 38.7 Å². The van der Waals surface area contributed by atoms with Crippen molar-refractivity contribution in [3.63, 3.8) is 0 Å². The fourth-order valence-corrected chi connectivity index (χ4v) is 2.52. The van der Waals surface area contributed by atoms with Crippen LogP contribution < -0.4 is 0 Å². The molecular formula is C12H20OS. The lowest BCUT2D eigenvalue weighted by molar-refractivity contribution is 0.0945. The van der Waals surface area contributed by atoms with Gasteiger partial charge in [0.25, 0.3) is 0 Å². The van der Waals surface area contributed by atoms with Crippen LogP contribution in [-0.2, 0) is 6.42 Å². The van der Waals surface area contributed by atoms with Gasteiger partial charge in [0.15, 0.2) is 0 Å². The SMILES string of the molecule is CCC(CC)C(O)CCc1ccsc1. The normalized spacial score (nSPS) is 13.4. The van der Waals surface area contributed by atoms with E-state index in [1.807, 2.05) is 0 Å². The van der Waals surface area contributed by atoms with Crippen molar-refractivity contribution in [2.75, 3.05) is 0 Å². The molecule has 0 spiro atoms. The molecule has 1 aromatic rings. The van der Waals surface area contributed by atoms with Crippen LogP contribution in [0.25, 0.3) is 0 Å². The van der Waals surface area contributed by atoms with E-state index in [-0.39, 0.29) is 6.10 Å². The monoisotopic (exact) mass is 212 g/mol. The first-order chi connectivity index (χ1) is 6.77. The molecule has 0 aliphatic carbocycles. The minimum atomic E-state index is -0.120. The Morgan fingerprint density at radius 3 is 2.57 bits per heavy atom. The van der Waals surface area contributed by atoms with Crippen molar-refractivity contribution < 1.29 is 5.11 Å². The van der Waals surface area contributed by atoms with Crippen LogP contribution in [-0.4, -0.2) is 11.2 Å². The summed E-state index contributed by atoms with van der Waals surface area (Å²) in [6.45, 7) is 4.31. The molecule has 80 valence electrons. The first kappa shape index (κ1) is 11.7. The molecule has 1 heterocycles. The summed E-state index contributed by atoms with van der Waals surface area (Å²) in [5.41, 5.74) is 1.36. The van der Waals surface area contributed by atoms with Crippen LogP contribution in [0.5, 0.6) is 0 Å². The lowest BCUT2D eigenvalue weighted by Crippen LogP contribution is -2.19. The summed E-state index contributed by atoms with van der Waals surface area (Å²) in [5.74, 6) is 0.480. The molecule has 0 amide bonds. The minimum Gasteiger partial charge on any atom is -0.393 e. The smallest absolute Gasteiger partial charge is 0.0571 e. The topological polar surface area (TPSA) is 20.2 Å². The Bertz CT molecular complexity index is 226. The van der Waals surface area contributed by atoms with Gasteiger partial charge in [0.2, 0.25) is 0 Å². The van der Waals surface area contributed by atoms with E-state index in [0.29, 0.717) is 5.92 Å². The van der Waals surface area contributed by atoms with Gasteiger partial charge >= 0.3 is 0 Å². The van der Waals surface area contributed by atoms with E-state index >= 15 is 0 Å². The van der Waals surface area contributed by atoms with Crippen LogP contribution in [0.3, 0.4) is 0 Å². The molecule has 2 heteroatoms. The molecule has 1 atom stereocenters. The fourth-order valence-electron chi connectivity index (χ4n) is 1.82. The van der Waals surface area contributed by atoms with E-state index in [9.17, 15) is 5.11 Å². The summed E-state index contributed by atoms with van der Waals surface area (Å²) in [7, 11) is 0. The van der Waals surface area contributed by atoms with Crippen molar-refractivity contribution in [1.29, 1.82) is 0 Å². The highest BCUT2D eigenvalue weighted by molar-refractivity contribution is 7.07. The van der Waals surface area contributed by atoms with Gasteiger partial charge in [0, 0.05) is 0 Å². The van der Waals surface area contributed by atoms with E-state index < -0.39 is 0 Å². The molecule has 0 bridgehead atoms. The van der Waals surface area contributed by atoms with E-state index in [4.69, 9.17) is 0 Å². The minimum absolute atomic E-state index is 0.120. The maximum Gasteiger partial charge on any atom is 0.0571 e. The van der Waals surface area contributed by atoms with Crippen molar-refractivity contribution in [3.8, 4) is 0 Å². The Labute approximate surface area is 90.8 Å². The molecule has 14 heavy (non-hydrogen) atoms. The highest BCUT2D eigenvalue weighted by Gasteiger charge is 2.14. The number of hydrogen-bond donors (Lipinski definition) is 1. The fraction of sp³-hybridized carbons (Fsp3) is 0.667. The average molecular weight is 212 g/mol. The molecule has 0 aliphatic rings. The number of thiophene rings is 1. The van der Waals surface area contributed by atoms with Crippen molar-refractivity contribution in [3.05, 3.63) is 22.4 Å². The highest BCUT2D eigenvalue weighted by Crippen LogP contribution is 2.18. The molecule has 0 aromatic carbocycles. The number of aliphatic hydroxyl groups is 1. The molecule has 1 aromatic heterocycles. The summed E-state index contributed by atoms with van der Waals surface area (Å²) in [4.78, 5) is 0. The molecule has 0 radical (unpaired) electrons. The zero-order valence-corrected chi connectivity index (χ0v) is 9.89. The summed E-state index contributed by atoms with van der Waals surface area (Å²) in [6.07, 6.45) is 3.97. The first-order valence-electron chi connectivity index (χ1n) is 5.47. The van der Waals surface area contributed by atoms with Gasteiger partial charge < -0.3 is 5.11 Å². The molecule has 1 nitrogen and oxygen atoms in total. The van der Waals surface area contributed by atoms with Gasteiger partial charge in [-0.05, 0) is 41.1 Å². The van der Waals surface area contributed by atoms with Crippen LogP contribution in [0.15, 0.2) is 16.8 Å². The van der Waals surface area contributed by atoms with Crippen LogP contribution in [0.2, 0.25) is 0 Å². The van der Waals surface area contributed by atoms with Crippen LogP contribution >= 0.6 is 11.3 Å². The van der Waals surface area contributed by atoms with Gasteiger partial charge in [0.05, 0.1) is 6.10 Å². The van der Waals surface area contributed by atoms with Crippen molar-refractivity contribution >= 4 is 11.3 Å². The lowest BCUT2D eigenvalue weighted by atomic mass is 9.92. The van der Waals surface area contributed by atoms with E-state index in [0.717, 1.165) is 25.7 Å². The second-order valence-electron chi connectivity index (χ2n) is 3.81.